The van der Waals surface area contributed by atoms with Gasteiger partial charge in [0.1, 0.15) is 6.54 Å². The van der Waals surface area contributed by atoms with Crippen LogP contribution in [0.1, 0.15) is 19.0 Å². The van der Waals surface area contributed by atoms with Crippen LogP contribution < -0.4 is 15.5 Å². The minimum atomic E-state index is 0. The lowest BCUT2D eigenvalue weighted by Gasteiger charge is -2.20. The fourth-order valence-corrected chi connectivity index (χ4v) is 3.49. The Labute approximate surface area is 202 Å². The van der Waals surface area contributed by atoms with E-state index in [1.165, 1.54) is 5.69 Å². The van der Waals surface area contributed by atoms with Crippen molar-refractivity contribution < 1.29 is 4.79 Å². The maximum Gasteiger partial charge on any atom is 0.244 e. The molecule has 1 amide bonds. The summed E-state index contributed by atoms with van der Waals surface area (Å²) in [5.74, 6) is 0.698. The van der Waals surface area contributed by atoms with Gasteiger partial charge in [-0.25, -0.2) is 4.99 Å². The van der Waals surface area contributed by atoms with E-state index >= 15 is 0 Å². The molecule has 0 aliphatic carbocycles. The van der Waals surface area contributed by atoms with Gasteiger partial charge in [0.15, 0.2) is 5.96 Å². The van der Waals surface area contributed by atoms with Gasteiger partial charge in [-0.05, 0) is 37.6 Å². The second-order valence-electron chi connectivity index (χ2n) is 7.49. The quantitative estimate of drug-likeness (QED) is 0.308. The minimum absolute atomic E-state index is 0. The number of anilines is 1. The number of pyridine rings is 1. The topological polar surface area (TPSA) is 72.9 Å². The molecule has 8 heteroatoms. The Morgan fingerprint density at radius 3 is 2.71 bits per heavy atom. The zero-order valence-corrected chi connectivity index (χ0v) is 20.7. The molecule has 1 aliphatic heterocycles. The Morgan fingerprint density at radius 1 is 1.23 bits per heavy atom. The number of likely N-dealkylation sites (N-methyl/N-ethyl adjacent to an activating group) is 1. The smallest absolute Gasteiger partial charge is 0.244 e. The molecule has 2 heterocycles. The number of nitrogens with one attached hydrogen (secondary N) is 2. The fraction of sp³-hybridized carbons (Fsp3) is 0.435. The molecule has 1 aromatic heterocycles. The van der Waals surface area contributed by atoms with Crippen molar-refractivity contribution in [2.45, 2.75) is 25.8 Å². The highest BCUT2D eigenvalue weighted by Gasteiger charge is 2.23. The molecule has 2 N–H and O–H groups in total. The van der Waals surface area contributed by atoms with E-state index in [1.54, 1.807) is 11.1 Å². The van der Waals surface area contributed by atoms with Crippen LogP contribution in [0.25, 0.3) is 0 Å². The maximum absolute atomic E-state index is 12.5. The summed E-state index contributed by atoms with van der Waals surface area (Å²) in [7, 11) is 1.82. The molecule has 1 fully saturated rings. The second kappa shape index (κ2) is 13.1. The Hall–Kier alpha value is -2.36. The van der Waals surface area contributed by atoms with Gasteiger partial charge in [-0.2, -0.15) is 0 Å². The second-order valence-corrected chi connectivity index (χ2v) is 7.49. The van der Waals surface area contributed by atoms with E-state index in [1.807, 2.05) is 38.2 Å². The van der Waals surface area contributed by atoms with Gasteiger partial charge < -0.3 is 20.4 Å². The molecule has 0 spiro atoms. The third kappa shape index (κ3) is 8.01. The first kappa shape index (κ1) is 24.9. The lowest BCUT2D eigenvalue weighted by molar-refractivity contribution is -0.128. The highest BCUT2D eigenvalue weighted by molar-refractivity contribution is 14.0. The number of benzene rings is 1. The van der Waals surface area contributed by atoms with Gasteiger partial charge >= 0.3 is 0 Å². The third-order valence-corrected chi connectivity index (χ3v) is 5.22. The van der Waals surface area contributed by atoms with E-state index in [4.69, 9.17) is 0 Å². The number of carbonyl (C=O) groups is 1. The number of aliphatic imine (C=N–C) groups is 1. The molecule has 1 aromatic carbocycles. The Kier molecular flexibility index (Phi) is 10.6. The van der Waals surface area contributed by atoms with Crippen LogP contribution in [0, 0.1) is 0 Å². The van der Waals surface area contributed by atoms with Crippen molar-refractivity contribution in [3.8, 4) is 0 Å². The minimum Gasteiger partial charge on any atom is -0.369 e. The predicted octanol–water partition coefficient (Wildman–Crippen LogP) is 2.53. The lowest BCUT2D eigenvalue weighted by atomic mass is 10.2. The highest BCUT2D eigenvalue weighted by Crippen LogP contribution is 2.19. The molecule has 0 radical (unpaired) electrons. The number of hydrogen-bond acceptors (Lipinski definition) is 4. The summed E-state index contributed by atoms with van der Waals surface area (Å²) >= 11 is 0. The normalized spacial score (nSPS) is 15.9. The first-order valence-electron chi connectivity index (χ1n) is 10.6. The van der Waals surface area contributed by atoms with Crippen LogP contribution in [0.2, 0.25) is 0 Å². The maximum atomic E-state index is 12.5. The standard InChI is InChI=1S/C23H32N6O.HI/c1-3-24-23(27-20-13-16-29(18-20)21-10-5-4-6-11-21)26-17-22(30)28(2)15-12-19-9-7-8-14-25-19;/h4-11,14,20H,3,12-13,15-18H2,1-2H3,(H2,24,26,27);1H. The van der Waals surface area contributed by atoms with Crippen molar-refractivity contribution >= 4 is 41.5 Å². The van der Waals surface area contributed by atoms with Crippen LogP contribution in [-0.2, 0) is 11.2 Å². The number of hydrogen-bond donors (Lipinski definition) is 2. The molecule has 0 saturated carbocycles. The molecule has 1 saturated heterocycles. The van der Waals surface area contributed by atoms with Crippen molar-refractivity contribution in [3.05, 3.63) is 60.4 Å². The Morgan fingerprint density at radius 2 is 2.00 bits per heavy atom. The van der Waals surface area contributed by atoms with Crippen molar-refractivity contribution in [2.75, 3.05) is 44.7 Å². The average Bonchev–Trinajstić information content (AvgIpc) is 3.25. The fourth-order valence-electron chi connectivity index (χ4n) is 3.49. The van der Waals surface area contributed by atoms with Crippen LogP contribution in [0.4, 0.5) is 5.69 Å². The molecule has 0 bridgehead atoms. The van der Waals surface area contributed by atoms with Gasteiger partial charge in [-0.15, -0.1) is 24.0 Å². The van der Waals surface area contributed by atoms with Crippen molar-refractivity contribution in [2.24, 2.45) is 4.99 Å². The van der Waals surface area contributed by atoms with Crippen LogP contribution in [0.15, 0.2) is 59.7 Å². The van der Waals surface area contributed by atoms with Gasteiger partial charge in [0.05, 0.1) is 0 Å². The molecule has 3 rings (SSSR count). The van der Waals surface area contributed by atoms with Crippen LogP contribution in [-0.4, -0.2) is 67.6 Å². The number of guanidine groups is 1. The van der Waals surface area contributed by atoms with Crippen LogP contribution in [0.5, 0.6) is 0 Å². The van der Waals surface area contributed by atoms with E-state index in [9.17, 15) is 4.79 Å². The number of halogens is 1. The predicted molar refractivity (Wildman–Crippen MR) is 137 cm³/mol. The van der Waals surface area contributed by atoms with E-state index in [0.717, 1.165) is 38.2 Å². The summed E-state index contributed by atoms with van der Waals surface area (Å²) in [6.07, 6.45) is 3.55. The first-order valence-corrected chi connectivity index (χ1v) is 10.6. The van der Waals surface area contributed by atoms with Gasteiger partial charge in [0, 0.05) is 63.3 Å². The Bertz CT molecular complexity index is 817. The zero-order chi connectivity index (χ0) is 21.2. The lowest BCUT2D eigenvalue weighted by Crippen LogP contribution is -2.45. The molecule has 1 atom stereocenters. The number of aromatic nitrogens is 1. The molecular formula is C23H33IN6O. The molecule has 168 valence electrons. The van der Waals surface area contributed by atoms with Crippen molar-refractivity contribution in [1.29, 1.82) is 0 Å². The number of rotatable bonds is 8. The summed E-state index contributed by atoms with van der Waals surface area (Å²) in [4.78, 5) is 25.4. The summed E-state index contributed by atoms with van der Waals surface area (Å²) in [5.41, 5.74) is 2.23. The molecule has 1 aliphatic rings. The summed E-state index contributed by atoms with van der Waals surface area (Å²) in [6, 6.07) is 16.6. The van der Waals surface area contributed by atoms with Gasteiger partial charge in [-0.1, -0.05) is 24.3 Å². The van der Waals surface area contributed by atoms with Crippen molar-refractivity contribution in [3.63, 3.8) is 0 Å². The van der Waals surface area contributed by atoms with Crippen LogP contribution >= 0.6 is 24.0 Å². The summed E-state index contributed by atoms with van der Waals surface area (Å²) in [6.45, 7) is 5.48. The molecule has 1 unspecified atom stereocenters. The number of nitrogens with zero attached hydrogens (tertiary/aromatic N) is 4. The van der Waals surface area contributed by atoms with E-state index in [2.05, 4.69) is 49.8 Å². The number of para-hydroxylation sites is 1. The monoisotopic (exact) mass is 536 g/mol. The largest absolute Gasteiger partial charge is 0.369 e. The third-order valence-electron chi connectivity index (χ3n) is 5.22. The van der Waals surface area contributed by atoms with E-state index in [0.29, 0.717) is 18.5 Å². The van der Waals surface area contributed by atoms with E-state index < -0.39 is 0 Å². The van der Waals surface area contributed by atoms with Gasteiger partial charge in [0.2, 0.25) is 5.91 Å². The first-order chi connectivity index (χ1) is 14.7. The van der Waals surface area contributed by atoms with Gasteiger partial charge in [-0.3, -0.25) is 9.78 Å². The number of carbonyl (C=O) groups excluding carboxylic acids is 1. The summed E-state index contributed by atoms with van der Waals surface area (Å²) in [5, 5.41) is 6.74. The zero-order valence-electron chi connectivity index (χ0n) is 18.3. The van der Waals surface area contributed by atoms with E-state index in [-0.39, 0.29) is 36.4 Å². The summed E-state index contributed by atoms with van der Waals surface area (Å²) < 4.78 is 0. The van der Waals surface area contributed by atoms with Crippen LogP contribution in [0.3, 0.4) is 0 Å². The Balaban J connectivity index is 0.00000341. The molecule has 7 nitrogen and oxygen atoms in total. The van der Waals surface area contributed by atoms with Crippen molar-refractivity contribution in [1.82, 2.24) is 20.5 Å². The molecular weight excluding hydrogens is 503 g/mol. The average molecular weight is 536 g/mol. The number of amides is 1. The molecule has 31 heavy (non-hydrogen) atoms. The highest BCUT2D eigenvalue weighted by atomic mass is 127. The van der Waals surface area contributed by atoms with Gasteiger partial charge in [0.25, 0.3) is 0 Å². The SMILES string of the molecule is CCNC(=NCC(=O)N(C)CCc1ccccn1)NC1CCN(c2ccccc2)C1.I. The molecule has 2 aromatic rings.